The van der Waals surface area contributed by atoms with Crippen molar-refractivity contribution in [2.75, 3.05) is 28.4 Å². The van der Waals surface area contributed by atoms with Gasteiger partial charge in [0.05, 0.1) is 74.0 Å². The number of para-hydroxylation sites is 4. The summed E-state index contributed by atoms with van der Waals surface area (Å²) in [4.78, 5) is 19.9. The molecule has 16 heteroatoms. The van der Waals surface area contributed by atoms with Crippen LogP contribution in [0.2, 0.25) is 0 Å². The molecule has 7 aromatic heterocycles. The van der Waals surface area contributed by atoms with Crippen molar-refractivity contribution in [3.63, 3.8) is 0 Å². The fourth-order valence-electron chi connectivity index (χ4n) is 13.4. The molecule has 9 heterocycles. The van der Waals surface area contributed by atoms with Gasteiger partial charge in [-0.15, -0.1) is 0 Å². The number of aromatic amines is 2. The topological polar surface area (TPSA) is 166 Å². The second-order valence-corrected chi connectivity index (χ2v) is 24.1. The van der Waals surface area contributed by atoms with Gasteiger partial charge in [-0.25, -0.2) is 28.7 Å². The zero-order valence-electron chi connectivity index (χ0n) is 54.8. The highest BCUT2D eigenvalue weighted by Gasteiger charge is 2.28. The number of nitrogens with one attached hydrogen (secondary N) is 2. The summed E-state index contributed by atoms with van der Waals surface area (Å²) in [6.45, 7) is 0. The van der Waals surface area contributed by atoms with Crippen LogP contribution in [0.5, 0.6) is 23.0 Å². The molecule has 0 saturated carbocycles. The molecule has 0 atom stereocenters. The first kappa shape index (κ1) is 60.1. The molecule has 8 aromatic carbocycles. The normalized spacial score (nSPS) is 11.7. The SMILES string of the molecule is COc1cccc(-c2nn(-c3ccccc3)cc2-c2c3nc(c(-c4cn(-c5ccccc5)nc4-c4cccc(OC)c4)c4ccc([nH]4)c(-c4cn(-c5ccccc5)nc4-c4cccc(OC)c4)c4nc(c(-c5cn(-c6ccccc6)nc5-c5cccc(OC)c5)c5ccc2[nH]5)C=C4)C=C3)c1. The minimum atomic E-state index is 0.669. The number of H-pyrrole nitrogens is 2. The molecule has 17 rings (SSSR count). The molecule has 2 N–H and O–H groups in total. The van der Waals surface area contributed by atoms with E-state index in [4.69, 9.17) is 49.3 Å². The average Bonchev–Trinajstić information content (AvgIpc) is 1.59. The Labute approximate surface area is 575 Å². The molecule has 0 spiro atoms. The third-order valence-corrected chi connectivity index (χ3v) is 18.1. The Morgan fingerprint density at radius 1 is 0.260 bits per heavy atom. The minimum Gasteiger partial charge on any atom is -0.497 e. The summed E-state index contributed by atoms with van der Waals surface area (Å²) in [6.07, 6.45) is 16.8. The van der Waals surface area contributed by atoms with Crippen molar-refractivity contribution in [3.8, 4) is 135 Å². The molecule has 0 amide bonds. The second-order valence-electron chi connectivity index (χ2n) is 24.1. The quantitative estimate of drug-likeness (QED) is 0.0951. The number of methoxy groups -OCH3 is 4. The van der Waals surface area contributed by atoms with E-state index in [2.05, 4.69) is 156 Å². The van der Waals surface area contributed by atoms with Gasteiger partial charge in [-0.1, -0.05) is 121 Å². The Kier molecular flexibility index (Phi) is 15.3. The van der Waals surface area contributed by atoms with Crippen molar-refractivity contribution in [1.82, 2.24) is 59.1 Å². The van der Waals surface area contributed by atoms with E-state index in [-0.39, 0.29) is 0 Å². The van der Waals surface area contributed by atoms with Gasteiger partial charge < -0.3 is 28.9 Å². The van der Waals surface area contributed by atoms with Crippen molar-refractivity contribution >= 4 is 46.4 Å². The molecule has 8 bridgehead atoms. The van der Waals surface area contributed by atoms with Gasteiger partial charge >= 0.3 is 0 Å². The Balaban J connectivity index is 1.05. The van der Waals surface area contributed by atoms with Crippen molar-refractivity contribution in [3.05, 3.63) is 290 Å². The summed E-state index contributed by atoms with van der Waals surface area (Å²) in [5, 5.41) is 21.8. The third-order valence-electron chi connectivity index (χ3n) is 18.1. The number of fused-ring (bicyclic) bond motifs is 8. The fraction of sp³-hybridized carbons (Fsp3) is 0.0476. The lowest BCUT2D eigenvalue weighted by Gasteiger charge is -2.09. The van der Waals surface area contributed by atoms with Gasteiger partial charge in [0, 0.05) is 114 Å². The Morgan fingerprint density at radius 2 is 0.490 bits per heavy atom. The number of aromatic nitrogens is 12. The Bertz CT molecular complexity index is 5150. The fourth-order valence-corrected chi connectivity index (χ4v) is 13.4. The Morgan fingerprint density at radius 3 is 0.710 bits per heavy atom. The number of rotatable bonds is 16. The van der Waals surface area contributed by atoms with Crippen LogP contribution in [0.25, 0.3) is 159 Å². The van der Waals surface area contributed by atoms with Gasteiger partial charge in [-0.05, 0) is 146 Å². The maximum atomic E-state index is 5.91. The Hall–Kier alpha value is -13.6. The molecular weight excluding hydrogens is 1240 g/mol. The molecule has 100 heavy (non-hydrogen) atoms. The molecule has 0 fully saturated rings. The lowest BCUT2D eigenvalue weighted by molar-refractivity contribution is 0.415. The maximum absolute atomic E-state index is 5.91. The largest absolute Gasteiger partial charge is 0.497 e. The number of hydrogen-bond acceptors (Lipinski definition) is 10. The predicted molar refractivity (Wildman–Crippen MR) is 397 cm³/mol. The van der Waals surface area contributed by atoms with E-state index >= 15 is 0 Å². The van der Waals surface area contributed by atoms with Crippen molar-refractivity contribution in [1.29, 1.82) is 0 Å². The van der Waals surface area contributed by atoms with Gasteiger partial charge in [0.1, 0.15) is 45.8 Å². The van der Waals surface area contributed by atoms with E-state index in [9.17, 15) is 0 Å². The molecule has 16 nitrogen and oxygen atoms in total. The van der Waals surface area contributed by atoms with Crippen LogP contribution < -0.4 is 18.9 Å². The zero-order valence-corrected chi connectivity index (χ0v) is 54.8. The van der Waals surface area contributed by atoms with Gasteiger partial charge in [0.2, 0.25) is 0 Å². The molecule has 482 valence electrons. The first-order valence-electron chi connectivity index (χ1n) is 32.7. The minimum absolute atomic E-state index is 0.669. The van der Waals surface area contributed by atoms with E-state index in [1.165, 1.54) is 0 Å². The van der Waals surface area contributed by atoms with Crippen LogP contribution in [0, 0.1) is 0 Å². The lowest BCUT2D eigenvalue weighted by Crippen LogP contribution is -1.94. The molecule has 0 unspecified atom stereocenters. The van der Waals surface area contributed by atoms with E-state index in [1.807, 2.05) is 164 Å². The zero-order chi connectivity index (χ0) is 67.2. The van der Waals surface area contributed by atoms with Crippen LogP contribution >= 0.6 is 0 Å². The van der Waals surface area contributed by atoms with Crippen LogP contribution in [0.1, 0.15) is 22.8 Å². The third kappa shape index (κ3) is 11.1. The van der Waals surface area contributed by atoms with Crippen LogP contribution in [0.3, 0.4) is 0 Å². The highest BCUT2D eigenvalue weighted by Crippen LogP contribution is 2.46. The first-order valence-corrected chi connectivity index (χ1v) is 32.7. The second kappa shape index (κ2) is 25.5. The molecule has 0 saturated heterocycles. The van der Waals surface area contributed by atoms with E-state index < -0.39 is 0 Å². The van der Waals surface area contributed by atoms with Gasteiger partial charge in [-0.2, -0.15) is 20.4 Å². The van der Waals surface area contributed by atoms with E-state index in [1.54, 1.807) is 28.4 Å². The van der Waals surface area contributed by atoms with E-state index in [0.717, 1.165) is 112 Å². The smallest absolute Gasteiger partial charge is 0.119 e. The molecule has 2 aliphatic heterocycles. The number of ether oxygens (including phenoxy) is 4. The summed E-state index contributed by atoms with van der Waals surface area (Å²) >= 11 is 0. The van der Waals surface area contributed by atoms with Crippen molar-refractivity contribution in [2.45, 2.75) is 0 Å². The van der Waals surface area contributed by atoms with Crippen molar-refractivity contribution in [2.24, 2.45) is 0 Å². The number of benzene rings is 8. The standard InChI is InChI=1S/C84H62N12O4/c1-97-61-33-17-21-53(45-61)81-65(49-93(89-81)57-25-9-5-10-26-57)77-69-37-39-71(85-69)78(66-50-94(58-27-11-6-12-28-58)90-82(66)54-22-18-34-62(46-54)98-2)73-41-43-75(87-73)80(68-52-96(60-31-15-8-16-32-60)92-84(68)56-24-20-36-64(48-56)100-4)76-44-42-74(88-76)79(72-40-38-70(77)86-72)67-51-95(59-29-13-7-14-30-59)91-83(67)55-23-19-35-63(47-55)99-3/h5-52,85,88H,1-4H3. The average molecular weight is 1300 g/mol. The molecule has 2 aliphatic rings. The number of nitrogens with zero attached hydrogens (tertiary/aromatic N) is 10. The molecule has 0 aliphatic carbocycles. The summed E-state index contributed by atoms with van der Waals surface area (Å²) < 4.78 is 31.4. The van der Waals surface area contributed by atoms with Crippen LogP contribution in [-0.4, -0.2) is 87.5 Å². The number of hydrogen-bond donors (Lipinski definition) is 2. The summed E-state index contributed by atoms with van der Waals surface area (Å²) in [5.74, 6) is 2.76. The van der Waals surface area contributed by atoms with Crippen molar-refractivity contribution < 1.29 is 18.9 Å². The van der Waals surface area contributed by atoms with Gasteiger partial charge in [-0.3, -0.25) is 0 Å². The lowest BCUT2D eigenvalue weighted by atomic mass is 10.00. The van der Waals surface area contributed by atoms with Gasteiger partial charge in [0.15, 0.2) is 0 Å². The summed E-state index contributed by atoms with van der Waals surface area (Å²) in [5.41, 5.74) is 21.8. The van der Waals surface area contributed by atoms with E-state index in [0.29, 0.717) is 68.5 Å². The van der Waals surface area contributed by atoms with Crippen LogP contribution in [-0.2, 0) is 0 Å². The van der Waals surface area contributed by atoms with Crippen LogP contribution in [0.15, 0.2) is 267 Å². The van der Waals surface area contributed by atoms with Crippen LogP contribution in [0.4, 0.5) is 0 Å². The predicted octanol–water partition coefficient (Wildman–Crippen LogP) is 18.8. The monoisotopic (exact) mass is 1300 g/mol. The molecular formula is C84H62N12O4. The highest BCUT2D eigenvalue weighted by atomic mass is 16.5. The summed E-state index contributed by atoms with van der Waals surface area (Å²) in [7, 11) is 6.72. The summed E-state index contributed by atoms with van der Waals surface area (Å²) in [6, 6.07) is 81.2. The molecule has 15 aromatic rings. The maximum Gasteiger partial charge on any atom is 0.119 e. The highest BCUT2D eigenvalue weighted by molar-refractivity contribution is 6.04. The van der Waals surface area contributed by atoms with Gasteiger partial charge in [0.25, 0.3) is 0 Å². The first-order chi connectivity index (χ1) is 49.3. The molecule has 0 radical (unpaired) electrons.